The number of rotatable bonds is 11. The molecule has 4 aromatic rings. The molecule has 0 amide bonds. The number of benzene rings is 3. The van der Waals surface area contributed by atoms with E-state index in [0.717, 1.165) is 27.6 Å². The Morgan fingerprint density at radius 2 is 1.95 bits per heavy atom. The van der Waals surface area contributed by atoms with Gasteiger partial charge in [0, 0.05) is 16.0 Å². The summed E-state index contributed by atoms with van der Waals surface area (Å²) in [6.07, 6.45) is 4.93. The van der Waals surface area contributed by atoms with Gasteiger partial charge in [0.1, 0.15) is 12.4 Å². The van der Waals surface area contributed by atoms with Crippen molar-refractivity contribution in [3.05, 3.63) is 110 Å². The molecule has 202 valence electrons. The molecule has 0 aliphatic rings. The second-order valence-corrected chi connectivity index (χ2v) is 10.4. The van der Waals surface area contributed by atoms with Gasteiger partial charge in [0.2, 0.25) is 0 Å². The van der Waals surface area contributed by atoms with Crippen LogP contribution in [0.15, 0.2) is 81.6 Å². The Morgan fingerprint density at radius 1 is 1.13 bits per heavy atom. The number of aryl methyl sites for hydroxylation is 1. The summed E-state index contributed by atoms with van der Waals surface area (Å²) < 4.78 is 14.5. The predicted octanol–water partition coefficient (Wildman–Crippen LogP) is 7.57. The zero-order valence-corrected chi connectivity index (χ0v) is 24.5. The van der Waals surface area contributed by atoms with Gasteiger partial charge in [-0.1, -0.05) is 65.7 Å². The Kier molecular flexibility index (Phi) is 9.36. The molecule has 1 heterocycles. The highest BCUT2D eigenvalue weighted by atomic mass is 79.9. The second-order valence-electron chi connectivity index (χ2n) is 9.51. The first kappa shape index (κ1) is 28.3. The van der Waals surface area contributed by atoms with E-state index in [1.165, 1.54) is 10.2 Å². The SMILES string of the molecule is C=CCc1cc(C=Nn2c([C@@H](C)CC)nc3ccc(Br)cc3c2=O)cc(OCC)c1OCc1cccc(C)c1. The van der Waals surface area contributed by atoms with Crippen LogP contribution in [0.3, 0.4) is 0 Å². The Hall–Kier alpha value is -3.71. The van der Waals surface area contributed by atoms with E-state index in [4.69, 9.17) is 14.5 Å². The third-order valence-electron chi connectivity index (χ3n) is 6.49. The number of hydrogen-bond acceptors (Lipinski definition) is 5. The first-order valence-corrected chi connectivity index (χ1v) is 14.0. The number of aromatic nitrogens is 2. The maximum Gasteiger partial charge on any atom is 0.282 e. The highest BCUT2D eigenvalue weighted by Gasteiger charge is 2.17. The summed E-state index contributed by atoms with van der Waals surface area (Å²) in [5, 5.41) is 5.15. The molecule has 1 atom stereocenters. The Morgan fingerprint density at radius 3 is 2.67 bits per heavy atom. The van der Waals surface area contributed by atoms with Crippen LogP contribution in [0, 0.1) is 6.92 Å². The normalized spacial score (nSPS) is 12.1. The molecule has 4 rings (SSSR count). The predicted molar refractivity (Wildman–Crippen MR) is 162 cm³/mol. The van der Waals surface area contributed by atoms with Crippen molar-refractivity contribution in [2.45, 2.75) is 53.1 Å². The summed E-state index contributed by atoms with van der Waals surface area (Å²) in [6, 6.07) is 17.7. The van der Waals surface area contributed by atoms with Crippen molar-refractivity contribution in [1.29, 1.82) is 0 Å². The molecule has 0 bridgehead atoms. The average molecular weight is 589 g/mol. The maximum atomic E-state index is 13.5. The molecule has 3 aromatic carbocycles. The zero-order valence-electron chi connectivity index (χ0n) is 22.9. The molecule has 7 heteroatoms. The van der Waals surface area contributed by atoms with Crippen molar-refractivity contribution in [2.24, 2.45) is 5.10 Å². The van der Waals surface area contributed by atoms with Gasteiger partial charge in [0.05, 0.1) is 23.7 Å². The molecule has 0 aliphatic carbocycles. The Labute approximate surface area is 238 Å². The number of allylic oxidation sites excluding steroid dienone is 1. The quantitative estimate of drug-likeness (QED) is 0.134. The maximum absolute atomic E-state index is 13.5. The summed E-state index contributed by atoms with van der Waals surface area (Å²) in [6.45, 7) is 13.0. The van der Waals surface area contributed by atoms with Gasteiger partial charge in [0.25, 0.3) is 5.56 Å². The van der Waals surface area contributed by atoms with Gasteiger partial charge in [-0.05, 0) is 68.1 Å². The number of fused-ring (bicyclic) bond motifs is 1. The van der Waals surface area contributed by atoms with Crippen LogP contribution in [0.2, 0.25) is 0 Å². The van der Waals surface area contributed by atoms with Gasteiger partial charge < -0.3 is 9.47 Å². The Balaban J connectivity index is 1.77. The molecule has 1 aromatic heterocycles. The standard InChI is InChI=1S/C32H34BrN3O3/c1-6-10-25-16-24(17-29(38-8-3)30(25)39-20-23-12-9-11-21(4)15-23)19-34-36-31(22(5)7-2)35-28-14-13-26(33)18-27(28)32(36)37/h6,9,11-19,22H,1,7-8,10,20H2,2-5H3/t22-/m0/s1. The van der Waals surface area contributed by atoms with E-state index in [1.54, 1.807) is 12.3 Å². The van der Waals surface area contributed by atoms with E-state index in [1.807, 2.05) is 56.3 Å². The van der Waals surface area contributed by atoms with Gasteiger partial charge in [-0.25, -0.2) is 4.98 Å². The third-order valence-corrected chi connectivity index (χ3v) is 6.99. The van der Waals surface area contributed by atoms with Crippen molar-refractivity contribution in [3.8, 4) is 11.5 Å². The topological polar surface area (TPSA) is 65.7 Å². The molecule has 0 unspecified atom stereocenters. The summed E-state index contributed by atoms with van der Waals surface area (Å²) in [5.41, 5.74) is 4.44. The van der Waals surface area contributed by atoms with Crippen LogP contribution in [-0.2, 0) is 13.0 Å². The van der Waals surface area contributed by atoms with Crippen molar-refractivity contribution < 1.29 is 9.47 Å². The van der Waals surface area contributed by atoms with Gasteiger partial charge in [-0.3, -0.25) is 4.79 Å². The van der Waals surface area contributed by atoms with Crippen LogP contribution in [0.1, 0.15) is 61.2 Å². The lowest BCUT2D eigenvalue weighted by atomic mass is 10.1. The van der Waals surface area contributed by atoms with Crippen LogP contribution in [-0.4, -0.2) is 22.5 Å². The van der Waals surface area contributed by atoms with Gasteiger partial charge in [0.15, 0.2) is 11.5 Å². The Bertz CT molecular complexity index is 1580. The minimum Gasteiger partial charge on any atom is -0.490 e. The van der Waals surface area contributed by atoms with Gasteiger partial charge in [-0.2, -0.15) is 9.78 Å². The first-order chi connectivity index (χ1) is 18.8. The number of ether oxygens (including phenoxy) is 2. The van der Waals surface area contributed by atoms with E-state index in [2.05, 4.69) is 53.6 Å². The zero-order chi connectivity index (χ0) is 27.9. The molecular formula is C32H34BrN3O3. The first-order valence-electron chi connectivity index (χ1n) is 13.2. The molecule has 0 spiro atoms. The molecule has 0 saturated carbocycles. The smallest absolute Gasteiger partial charge is 0.282 e. The molecule has 0 aliphatic heterocycles. The molecule has 39 heavy (non-hydrogen) atoms. The molecule has 6 nitrogen and oxygen atoms in total. The van der Waals surface area contributed by atoms with Crippen LogP contribution in [0.4, 0.5) is 0 Å². The summed E-state index contributed by atoms with van der Waals surface area (Å²) in [5.74, 6) is 1.99. The van der Waals surface area contributed by atoms with Gasteiger partial charge in [-0.15, -0.1) is 6.58 Å². The lowest BCUT2D eigenvalue weighted by molar-refractivity contribution is 0.267. The molecule has 0 saturated heterocycles. The van der Waals surface area contributed by atoms with E-state index in [9.17, 15) is 4.79 Å². The van der Waals surface area contributed by atoms with Crippen LogP contribution in [0.25, 0.3) is 10.9 Å². The van der Waals surface area contributed by atoms with Crippen LogP contribution >= 0.6 is 15.9 Å². The second kappa shape index (κ2) is 12.9. The van der Waals surface area contributed by atoms with Crippen LogP contribution < -0.4 is 15.0 Å². The largest absolute Gasteiger partial charge is 0.490 e. The van der Waals surface area contributed by atoms with E-state index < -0.39 is 0 Å². The minimum absolute atomic E-state index is 0.0515. The summed E-state index contributed by atoms with van der Waals surface area (Å²) in [7, 11) is 0. The monoisotopic (exact) mass is 587 g/mol. The number of nitrogens with zero attached hydrogens (tertiary/aromatic N) is 3. The lowest BCUT2D eigenvalue weighted by Gasteiger charge is -2.17. The fourth-order valence-electron chi connectivity index (χ4n) is 4.35. The van der Waals surface area contributed by atoms with E-state index in [-0.39, 0.29) is 11.5 Å². The summed E-state index contributed by atoms with van der Waals surface area (Å²) >= 11 is 3.46. The van der Waals surface area contributed by atoms with Gasteiger partial charge >= 0.3 is 0 Å². The molecule has 0 radical (unpaired) electrons. The lowest BCUT2D eigenvalue weighted by Crippen LogP contribution is -2.23. The molecular weight excluding hydrogens is 554 g/mol. The van der Waals surface area contributed by atoms with Crippen molar-refractivity contribution >= 4 is 33.0 Å². The summed E-state index contributed by atoms with van der Waals surface area (Å²) in [4.78, 5) is 18.3. The number of halogens is 1. The van der Waals surface area contributed by atoms with Crippen molar-refractivity contribution in [1.82, 2.24) is 9.66 Å². The van der Waals surface area contributed by atoms with Crippen molar-refractivity contribution in [3.63, 3.8) is 0 Å². The highest BCUT2D eigenvalue weighted by Crippen LogP contribution is 2.34. The van der Waals surface area contributed by atoms with Crippen LogP contribution in [0.5, 0.6) is 11.5 Å². The fraction of sp³-hybridized carbons (Fsp3) is 0.281. The highest BCUT2D eigenvalue weighted by molar-refractivity contribution is 9.10. The third kappa shape index (κ3) is 6.66. The molecule has 0 fully saturated rings. The van der Waals surface area contributed by atoms with E-state index >= 15 is 0 Å². The fourth-order valence-corrected chi connectivity index (χ4v) is 4.71. The van der Waals surface area contributed by atoms with E-state index in [0.29, 0.717) is 47.9 Å². The minimum atomic E-state index is -0.206. The average Bonchev–Trinajstić information content (AvgIpc) is 2.92. The molecule has 0 N–H and O–H groups in total. The number of hydrogen-bond donors (Lipinski definition) is 0. The van der Waals surface area contributed by atoms with Crippen molar-refractivity contribution in [2.75, 3.05) is 6.61 Å².